The topological polar surface area (TPSA) is 38.8 Å². The van der Waals surface area contributed by atoms with Crippen LogP contribution in [-0.4, -0.2) is 49.3 Å². The Kier molecular flexibility index (Phi) is 3.60. The third-order valence-electron chi connectivity index (χ3n) is 4.40. The molecular formula is C15H21NO3S. The lowest BCUT2D eigenvalue weighted by Gasteiger charge is -2.52. The summed E-state index contributed by atoms with van der Waals surface area (Å²) < 4.78 is 11.3. The summed E-state index contributed by atoms with van der Waals surface area (Å²) >= 11 is 1.58. The second-order valence-corrected chi connectivity index (χ2v) is 7.15. The van der Waals surface area contributed by atoms with E-state index in [1.54, 1.807) is 18.4 Å². The minimum Gasteiger partial charge on any atom is -0.381 e. The number of nitrogens with zero attached hydrogens (tertiary/aromatic N) is 1. The quantitative estimate of drug-likeness (QED) is 0.841. The molecule has 20 heavy (non-hydrogen) atoms. The van der Waals surface area contributed by atoms with Gasteiger partial charge in [0.15, 0.2) is 0 Å². The minimum absolute atomic E-state index is 0.139. The number of hydrogen-bond donors (Lipinski definition) is 0. The van der Waals surface area contributed by atoms with Crippen LogP contribution in [0.1, 0.15) is 33.0 Å². The molecule has 3 rings (SSSR count). The zero-order chi connectivity index (χ0) is 14.3. The van der Waals surface area contributed by atoms with Gasteiger partial charge < -0.3 is 14.4 Å². The standard InChI is InChI=1S/C15H21NO3S/c1-10-6-13(20-11(10)2)14(17)16-8-15(9-16)7-12(18-3)4-5-19-15/h6,12H,4-5,7-9H2,1-3H3. The van der Waals surface area contributed by atoms with Crippen LogP contribution in [0, 0.1) is 13.8 Å². The van der Waals surface area contributed by atoms with Crippen LogP contribution < -0.4 is 0 Å². The number of amides is 1. The third kappa shape index (κ3) is 2.38. The lowest BCUT2D eigenvalue weighted by molar-refractivity contribution is -0.181. The first kappa shape index (κ1) is 14.0. The van der Waals surface area contributed by atoms with Gasteiger partial charge in [-0.3, -0.25) is 4.79 Å². The van der Waals surface area contributed by atoms with Crippen LogP contribution in [0.2, 0.25) is 0 Å². The Morgan fingerprint density at radius 3 is 2.85 bits per heavy atom. The number of rotatable bonds is 2. The molecule has 1 spiro atoms. The number of carbonyl (C=O) groups excluding carboxylic acids is 1. The maximum Gasteiger partial charge on any atom is 0.264 e. The van der Waals surface area contributed by atoms with E-state index in [1.165, 1.54) is 10.4 Å². The van der Waals surface area contributed by atoms with Gasteiger partial charge in [-0.2, -0.15) is 0 Å². The fourth-order valence-electron chi connectivity index (χ4n) is 3.03. The highest BCUT2D eigenvalue weighted by atomic mass is 32.1. The average Bonchev–Trinajstić information content (AvgIpc) is 2.75. The largest absolute Gasteiger partial charge is 0.381 e. The van der Waals surface area contributed by atoms with Crippen LogP contribution in [0.25, 0.3) is 0 Å². The molecule has 110 valence electrons. The normalized spacial score (nSPS) is 24.8. The molecule has 0 aliphatic carbocycles. The number of hydrogen-bond acceptors (Lipinski definition) is 4. The minimum atomic E-state index is -0.157. The summed E-state index contributed by atoms with van der Waals surface area (Å²) in [5.74, 6) is 0.139. The van der Waals surface area contributed by atoms with Crippen molar-refractivity contribution in [2.24, 2.45) is 0 Å². The Morgan fingerprint density at radius 1 is 1.50 bits per heavy atom. The van der Waals surface area contributed by atoms with Crippen molar-refractivity contribution in [3.8, 4) is 0 Å². The van der Waals surface area contributed by atoms with Crippen LogP contribution in [0.15, 0.2) is 6.07 Å². The van der Waals surface area contributed by atoms with Crippen molar-refractivity contribution in [3.63, 3.8) is 0 Å². The fourth-order valence-corrected chi connectivity index (χ4v) is 4.03. The van der Waals surface area contributed by atoms with Crippen LogP contribution in [0.3, 0.4) is 0 Å². The van der Waals surface area contributed by atoms with Gasteiger partial charge in [-0.1, -0.05) is 0 Å². The monoisotopic (exact) mass is 295 g/mol. The molecule has 5 heteroatoms. The molecule has 2 fully saturated rings. The van der Waals surface area contributed by atoms with Crippen molar-refractivity contribution in [3.05, 3.63) is 21.4 Å². The van der Waals surface area contributed by atoms with Crippen molar-refractivity contribution in [1.29, 1.82) is 0 Å². The van der Waals surface area contributed by atoms with E-state index in [1.807, 2.05) is 17.9 Å². The molecule has 2 aliphatic heterocycles. The van der Waals surface area contributed by atoms with Gasteiger partial charge in [-0.25, -0.2) is 0 Å². The fraction of sp³-hybridized carbons (Fsp3) is 0.667. The van der Waals surface area contributed by atoms with Gasteiger partial charge in [-0.05, 0) is 31.9 Å². The van der Waals surface area contributed by atoms with Gasteiger partial charge in [0.25, 0.3) is 5.91 Å². The summed E-state index contributed by atoms with van der Waals surface area (Å²) in [5.41, 5.74) is 1.04. The Morgan fingerprint density at radius 2 is 2.25 bits per heavy atom. The molecular weight excluding hydrogens is 274 g/mol. The second kappa shape index (κ2) is 5.13. The zero-order valence-corrected chi connectivity index (χ0v) is 13.1. The van der Waals surface area contributed by atoms with Crippen LogP contribution in [0.5, 0.6) is 0 Å². The van der Waals surface area contributed by atoms with E-state index in [4.69, 9.17) is 9.47 Å². The van der Waals surface area contributed by atoms with Gasteiger partial charge in [0, 0.05) is 25.0 Å². The third-order valence-corrected chi connectivity index (χ3v) is 5.54. The predicted octanol–water partition coefficient (Wildman–Crippen LogP) is 2.38. The predicted molar refractivity (Wildman–Crippen MR) is 78.4 cm³/mol. The smallest absolute Gasteiger partial charge is 0.264 e. The molecule has 4 nitrogen and oxygen atoms in total. The van der Waals surface area contributed by atoms with Crippen molar-refractivity contribution in [2.45, 2.75) is 38.4 Å². The molecule has 1 atom stereocenters. The molecule has 0 bridgehead atoms. The lowest BCUT2D eigenvalue weighted by atomic mass is 9.84. The van der Waals surface area contributed by atoms with E-state index < -0.39 is 0 Å². The Labute approximate surface area is 123 Å². The first-order chi connectivity index (χ1) is 9.53. The molecule has 0 N–H and O–H groups in total. The maximum atomic E-state index is 12.4. The first-order valence-electron chi connectivity index (χ1n) is 7.06. The molecule has 2 aliphatic rings. The number of ether oxygens (including phenoxy) is 2. The number of carbonyl (C=O) groups is 1. The first-order valence-corrected chi connectivity index (χ1v) is 7.88. The molecule has 0 saturated carbocycles. The highest BCUT2D eigenvalue weighted by Crippen LogP contribution is 2.36. The molecule has 1 aromatic rings. The Bertz CT molecular complexity index is 500. The van der Waals surface area contributed by atoms with E-state index in [0.717, 1.165) is 24.3 Å². The van der Waals surface area contributed by atoms with E-state index in [9.17, 15) is 4.79 Å². The molecule has 1 unspecified atom stereocenters. The summed E-state index contributed by atoms with van der Waals surface area (Å²) in [6, 6.07) is 1.99. The summed E-state index contributed by atoms with van der Waals surface area (Å²) in [4.78, 5) is 16.4. The van der Waals surface area contributed by atoms with Gasteiger partial charge in [-0.15, -0.1) is 11.3 Å². The number of aryl methyl sites for hydroxylation is 2. The lowest BCUT2D eigenvalue weighted by Crippen LogP contribution is -2.67. The zero-order valence-electron chi connectivity index (χ0n) is 12.3. The van der Waals surface area contributed by atoms with Crippen LogP contribution in [-0.2, 0) is 9.47 Å². The average molecular weight is 295 g/mol. The van der Waals surface area contributed by atoms with Gasteiger partial charge in [0.1, 0.15) is 5.60 Å². The van der Waals surface area contributed by atoms with Gasteiger partial charge in [0.2, 0.25) is 0 Å². The van der Waals surface area contributed by atoms with Crippen LogP contribution >= 0.6 is 11.3 Å². The van der Waals surface area contributed by atoms with Crippen molar-refractivity contribution in [2.75, 3.05) is 26.8 Å². The van der Waals surface area contributed by atoms with Crippen molar-refractivity contribution >= 4 is 17.2 Å². The molecule has 1 amide bonds. The highest BCUT2D eigenvalue weighted by molar-refractivity contribution is 7.14. The maximum absolute atomic E-state index is 12.4. The van der Waals surface area contributed by atoms with E-state index >= 15 is 0 Å². The van der Waals surface area contributed by atoms with E-state index in [0.29, 0.717) is 13.1 Å². The molecule has 0 radical (unpaired) electrons. The Balaban J connectivity index is 1.63. The van der Waals surface area contributed by atoms with E-state index in [2.05, 4.69) is 6.92 Å². The van der Waals surface area contributed by atoms with Crippen molar-refractivity contribution in [1.82, 2.24) is 4.90 Å². The van der Waals surface area contributed by atoms with Gasteiger partial charge >= 0.3 is 0 Å². The Hall–Kier alpha value is -0.910. The molecule has 0 aromatic carbocycles. The molecule has 1 aromatic heterocycles. The van der Waals surface area contributed by atoms with Crippen molar-refractivity contribution < 1.29 is 14.3 Å². The summed E-state index contributed by atoms with van der Waals surface area (Å²) in [6.07, 6.45) is 2.12. The van der Waals surface area contributed by atoms with Gasteiger partial charge in [0.05, 0.1) is 24.1 Å². The molecule has 2 saturated heterocycles. The molecule has 3 heterocycles. The van der Waals surface area contributed by atoms with Crippen LogP contribution in [0.4, 0.5) is 0 Å². The number of likely N-dealkylation sites (tertiary alicyclic amines) is 1. The highest BCUT2D eigenvalue weighted by Gasteiger charge is 2.49. The SMILES string of the molecule is COC1CCOC2(C1)CN(C(=O)c1cc(C)c(C)s1)C2. The summed E-state index contributed by atoms with van der Waals surface area (Å²) in [6.45, 7) is 6.23. The summed E-state index contributed by atoms with van der Waals surface area (Å²) in [7, 11) is 1.75. The number of thiophene rings is 1. The van der Waals surface area contributed by atoms with E-state index in [-0.39, 0.29) is 17.6 Å². The second-order valence-electron chi connectivity index (χ2n) is 5.89. The summed E-state index contributed by atoms with van der Waals surface area (Å²) in [5, 5.41) is 0. The number of methoxy groups -OCH3 is 1.